The molecule has 0 unspecified atom stereocenters. The zero-order valence-corrected chi connectivity index (χ0v) is 7.85. The Morgan fingerprint density at radius 3 is 2.11 bits per heavy atom. The van der Waals surface area contributed by atoms with E-state index in [1.54, 1.807) is 6.07 Å². The van der Waals surface area contributed by atoms with E-state index in [2.05, 4.69) is 0 Å². The molecule has 0 aromatic rings. The Labute approximate surface area is 75.9 Å². The second kappa shape index (κ2) is 5.21. The monoisotopic (exact) mass is 158 g/mol. The first-order valence-electron chi connectivity index (χ1n) is 1.88. The van der Waals surface area contributed by atoms with Crippen LogP contribution in [0.3, 0.4) is 0 Å². The molecule has 0 heterocycles. The van der Waals surface area contributed by atoms with Gasteiger partial charge in [-0.2, -0.15) is 13.7 Å². The zero-order valence-electron chi connectivity index (χ0n) is 5.03. The van der Waals surface area contributed by atoms with Crippen LogP contribution in [0.15, 0.2) is 0 Å². The van der Waals surface area contributed by atoms with Crippen molar-refractivity contribution in [1.29, 1.82) is 5.26 Å². The van der Waals surface area contributed by atoms with Crippen LogP contribution in [0.25, 0.3) is 0 Å². The zero-order chi connectivity index (χ0) is 6.62. The summed E-state index contributed by atoms with van der Waals surface area (Å²) in [7, 11) is -3.91. The Balaban J connectivity index is 0. The first-order chi connectivity index (χ1) is 3.56. The van der Waals surface area contributed by atoms with Crippen molar-refractivity contribution in [3.63, 3.8) is 0 Å². The molecule has 1 radical (unpaired) electrons. The number of nitriles is 1. The van der Waals surface area contributed by atoms with Gasteiger partial charge in [0, 0.05) is 29.6 Å². The van der Waals surface area contributed by atoms with Crippen LogP contribution < -0.4 is 0 Å². The standard InChI is InChI=1S/C3H5NO3S.Na/c4-2-1-3-8(5,6)7;/h1,3H2,(H,5,6,7);. The van der Waals surface area contributed by atoms with Crippen molar-refractivity contribution in [2.75, 3.05) is 5.75 Å². The Kier molecular flexibility index (Phi) is 7.01. The van der Waals surface area contributed by atoms with Crippen molar-refractivity contribution in [1.82, 2.24) is 0 Å². The van der Waals surface area contributed by atoms with Gasteiger partial charge in [0.2, 0.25) is 0 Å². The smallest absolute Gasteiger partial charge is 0.265 e. The van der Waals surface area contributed by atoms with Gasteiger partial charge in [-0.25, -0.2) is 0 Å². The van der Waals surface area contributed by atoms with E-state index in [4.69, 9.17) is 9.81 Å². The van der Waals surface area contributed by atoms with E-state index in [1.165, 1.54) is 0 Å². The minimum absolute atomic E-state index is 0. The Bertz CT molecular complexity index is 192. The summed E-state index contributed by atoms with van der Waals surface area (Å²) in [5.41, 5.74) is 0. The molecule has 4 nitrogen and oxygen atoms in total. The van der Waals surface area contributed by atoms with Gasteiger partial charge in [-0.1, -0.05) is 0 Å². The van der Waals surface area contributed by atoms with Gasteiger partial charge in [-0.05, 0) is 0 Å². The average molecular weight is 158 g/mol. The molecule has 0 spiro atoms. The van der Waals surface area contributed by atoms with Crippen LogP contribution in [-0.2, 0) is 10.1 Å². The topological polar surface area (TPSA) is 78.2 Å². The normalized spacial score (nSPS) is 9.33. The second-order valence-electron chi connectivity index (χ2n) is 1.19. The van der Waals surface area contributed by atoms with E-state index in [1.807, 2.05) is 0 Å². The van der Waals surface area contributed by atoms with Crippen molar-refractivity contribution in [2.24, 2.45) is 0 Å². The molecule has 0 aliphatic carbocycles. The molecule has 0 aromatic heterocycles. The van der Waals surface area contributed by atoms with Gasteiger partial charge in [-0.3, -0.25) is 4.55 Å². The van der Waals surface area contributed by atoms with Gasteiger partial charge in [0.25, 0.3) is 10.1 Å². The van der Waals surface area contributed by atoms with Crippen molar-refractivity contribution in [3.05, 3.63) is 0 Å². The number of hydrogen-bond acceptors (Lipinski definition) is 3. The Hall–Kier alpha value is 0.400. The van der Waals surface area contributed by atoms with E-state index in [0.717, 1.165) is 0 Å². The average Bonchev–Trinajstić information content (AvgIpc) is 1.59. The number of rotatable bonds is 2. The molecule has 0 aliphatic rings. The van der Waals surface area contributed by atoms with Crippen molar-refractivity contribution < 1.29 is 13.0 Å². The fourth-order valence-corrected chi connectivity index (χ4v) is 0.524. The molecule has 9 heavy (non-hydrogen) atoms. The molecular weight excluding hydrogens is 153 g/mol. The van der Waals surface area contributed by atoms with Crippen LogP contribution in [-0.4, -0.2) is 48.3 Å². The minimum Gasteiger partial charge on any atom is -0.286 e. The molecular formula is C3H5NNaO3S. The summed E-state index contributed by atoms with van der Waals surface area (Å²) in [6.07, 6.45) is -0.154. The van der Waals surface area contributed by atoms with E-state index >= 15 is 0 Å². The molecule has 47 valence electrons. The molecule has 0 rings (SSSR count). The first kappa shape index (κ1) is 12.1. The van der Waals surface area contributed by atoms with Gasteiger partial charge in [0.05, 0.1) is 18.2 Å². The summed E-state index contributed by atoms with van der Waals surface area (Å²) < 4.78 is 27.6. The first-order valence-corrected chi connectivity index (χ1v) is 3.49. The van der Waals surface area contributed by atoms with Gasteiger partial charge in [0.1, 0.15) is 0 Å². The van der Waals surface area contributed by atoms with Crippen LogP contribution in [0.5, 0.6) is 0 Å². The summed E-state index contributed by atoms with van der Waals surface area (Å²) in [5.74, 6) is -0.469. The third kappa shape index (κ3) is 11.8. The van der Waals surface area contributed by atoms with Crippen LogP contribution >= 0.6 is 0 Å². The molecule has 1 N–H and O–H groups in total. The third-order valence-corrected chi connectivity index (χ3v) is 1.19. The molecule has 0 amide bonds. The van der Waals surface area contributed by atoms with Crippen LogP contribution in [0.2, 0.25) is 0 Å². The van der Waals surface area contributed by atoms with E-state index in [-0.39, 0.29) is 36.0 Å². The quantitative estimate of drug-likeness (QED) is 0.430. The second-order valence-corrected chi connectivity index (χ2v) is 2.77. The predicted octanol–water partition coefficient (Wildman–Crippen LogP) is -0.593. The third-order valence-electron chi connectivity index (χ3n) is 0.472. The van der Waals surface area contributed by atoms with Gasteiger partial charge in [-0.15, -0.1) is 0 Å². The summed E-state index contributed by atoms with van der Waals surface area (Å²) in [5, 5.41) is 7.80. The Morgan fingerprint density at radius 2 is 2.00 bits per heavy atom. The molecule has 0 aliphatic heterocycles. The molecule has 0 saturated heterocycles. The maximum Gasteiger partial charge on any atom is 0.265 e. The van der Waals surface area contributed by atoms with Crippen LogP contribution in [0.4, 0.5) is 0 Å². The number of nitrogens with zero attached hydrogens (tertiary/aromatic N) is 1. The molecule has 6 heteroatoms. The van der Waals surface area contributed by atoms with Gasteiger partial charge >= 0.3 is 0 Å². The summed E-state index contributed by atoms with van der Waals surface area (Å²) in [6, 6.07) is 1.59. The maximum absolute atomic E-state index is 9.79. The molecule has 0 atom stereocenters. The number of hydrogen-bond donors (Lipinski definition) is 1. The van der Waals surface area contributed by atoms with Crippen LogP contribution in [0.1, 0.15) is 6.42 Å². The van der Waals surface area contributed by atoms with Crippen molar-refractivity contribution >= 4 is 39.7 Å². The summed E-state index contributed by atoms with van der Waals surface area (Å²) in [4.78, 5) is 0. The molecule has 0 aromatic carbocycles. The molecule has 0 saturated carbocycles. The SMILES string of the molecule is N#CCCS(=O)(=O)O.[Na]. The fraction of sp³-hybridized carbons (Fsp3) is 0.667. The molecule has 0 bridgehead atoms. The van der Waals surface area contributed by atoms with E-state index in [0.29, 0.717) is 0 Å². The maximum atomic E-state index is 9.79. The van der Waals surface area contributed by atoms with Crippen molar-refractivity contribution in [3.8, 4) is 6.07 Å². The van der Waals surface area contributed by atoms with Crippen molar-refractivity contribution in [2.45, 2.75) is 6.42 Å². The van der Waals surface area contributed by atoms with Gasteiger partial charge < -0.3 is 0 Å². The predicted molar refractivity (Wildman–Crippen MR) is 32.4 cm³/mol. The van der Waals surface area contributed by atoms with E-state index < -0.39 is 15.9 Å². The van der Waals surface area contributed by atoms with E-state index in [9.17, 15) is 8.42 Å². The Morgan fingerprint density at radius 1 is 1.56 bits per heavy atom. The molecule has 0 fully saturated rings. The van der Waals surface area contributed by atoms with Crippen LogP contribution in [0, 0.1) is 11.3 Å². The summed E-state index contributed by atoms with van der Waals surface area (Å²) >= 11 is 0. The minimum atomic E-state index is -3.91. The fourth-order valence-electron chi connectivity index (χ4n) is 0.175. The largest absolute Gasteiger partial charge is 0.286 e. The van der Waals surface area contributed by atoms with Gasteiger partial charge in [0.15, 0.2) is 0 Å². The summed E-state index contributed by atoms with van der Waals surface area (Å²) in [6.45, 7) is 0.